The highest BCUT2D eigenvalue weighted by atomic mass is 16.1. The van der Waals surface area contributed by atoms with Gasteiger partial charge in [0.2, 0.25) is 11.9 Å². The van der Waals surface area contributed by atoms with E-state index in [2.05, 4.69) is 25.7 Å². The molecule has 0 saturated carbocycles. The van der Waals surface area contributed by atoms with Crippen molar-refractivity contribution in [1.82, 2.24) is 24.9 Å². The zero-order valence-electron chi connectivity index (χ0n) is 18.2. The zero-order valence-corrected chi connectivity index (χ0v) is 18.2. The molecule has 4 aromatic rings. The molecule has 0 aliphatic rings. The molecule has 0 radical (unpaired) electrons. The SMILES string of the molecule is Cc1ccc(CNc2nc3nc(C)c(CCC(=O)NCc4ccccc4)c(=O)n3[nH]2)cc1. The lowest BCUT2D eigenvalue weighted by Crippen LogP contribution is -2.26. The van der Waals surface area contributed by atoms with Gasteiger partial charge < -0.3 is 10.6 Å². The Balaban J connectivity index is 1.41. The molecule has 3 N–H and O–H groups in total. The number of amides is 1. The van der Waals surface area contributed by atoms with Crippen molar-refractivity contribution >= 4 is 17.6 Å². The third-order valence-electron chi connectivity index (χ3n) is 5.31. The Bertz CT molecular complexity index is 1280. The van der Waals surface area contributed by atoms with E-state index in [1.165, 1.54) is 10.1 Å². The van der Waals surface area contributed by atoms with E-state index < -0.39 is 0 Å². The molecule has 0 atom stereocenters. The van der Waals surface area contributed by atoms with Crippen LogP contribution in [0.2, 0.25) is 0 Å². The van der Waals surface area contributed by atoms with Crippen molar-refractivity contribution in [3.8, 4) is 0 Å². The molecule has 0 saturated heterocycles. The molecule has 0 unspecified atom stereocenters. The van der Waals surface area contributed by atoms with E-state index in [1.807, 2.05) is 61.5 Å². The summed E-state index contributed by atoms with van der Waals surface area (Å²) in [5, 5.41) is 9.04. The van der Waals surface area contributed by atoms with Crippen LogP contribution in [0.1, 0.15) is 34.4 Å². The first-order valence-corrected chi connectivity index (χ1v) is 10.6. The number of carbonyl (C=O) groups is 1. The molecule has 32 heavy (non-hydrogen) atoms. The fraction of sp³-hybridized carbons (Fsp3) is 0.250. The Morgan fingerprint density at radius 2 is 1.69 bits per heavy atom. The van der Waals surface area contributed by atoms with E-state index in [9.17, 15) is 9.59 Å². The normalized spacial score (nSPS) is 10.9. The number of hydrogen-bond acceptors (Lipinski definition) is 5. The largest absolute Gasteiger partial charge is 0.352 e. The van der Waals surface area contributed by atoms with Crippen LogP contribution in [0.25, 0.3) is 5.78 Å². The van der Waals surface area contributed by atoms with E-state index in [0.29, 0.717) is 42.5 Å². The van der Waals surface area contributed by atoms with E-state index in [1.54, 1.807) is 6.92 Å². The van der Waals surface area contributed by atoms with Crippen molar-refractivity contribution in [3.63, 3.8) is 0 Å². The van der Waals surface area contributed by atoms with Gasteiger partial charge >= 0.3 is 0 Å². The van der Waals surface area contributed by atoms with Gasteiger partial charge in [0.15, 0.2) is 0 Å². The molecule has 1 amide bonds. The highest BCUT2D eigenvalue weighted by molar-refractivity contribution is 5.76. The second-order valence-corrected chi connectivity index (χ2v) is 7.79. The molecule has 4 rings (SSSR count). The molecule has 8 nitrogen and oxygen atoms in total. The molecule has 0 bridgehead atoms. The summed E-state index contributed by atoms with van der Waals surface area (Å²) in [6.45, 7) is 4.85. The van der Waals surface area contributed by atoms with Crippen molar-refractivity contribution in [3.05, 3.63) is 92.9 Å². The first kappa shape index (κ1) is 21.3. The van der Waals surface area contributed by atoms with E-state index in [0.717, 1.165) is 11.1 Å². The molecule has 2 heterocycles. The third kappa shape index (κ3) is 5.03. The number of aryl methyl sites for hydroxylation is 2. The molecular weight excluding hydrogens is 404 g/mol. The summed E-state index contributed by atoms with van der Waals surface area (Å²) < 4.78 is 1.32. The smallest absolute Gasteiger partial charge is 0.277 e. The summed E-state index contributed by atoms with van der Waals surface area (Å²) >= 11 is 0. The second kappa shape index (κ2) is 9.47. The maximum absolute atomic E-state index is 13.0. The first-order valence-electron chi connectivity index (χ1n) is 10.6. The number of rotatable bonds is 8. The third-order valence-corrected chi connectivity index (χ3v) is 5.31. The second-order valence-electron chi connectivity index (χ2n) is 7.79. The van der Waals surface area contributed by atoms with Crippen LogP contribution >= 0.6 is 0 Å². The Labute approximate surface area is 185 Å². The average molecular weight is 431 g/mol. The maximum Gasteiger partial charge on any atom is 0.277 e. The number of H-pyrrole nitrogens is 1. The fourth-order valence-electron chi connectivity index (χ4n) is 3.44. The van der Waals surface area contributed by atoms with Gasteiger partial charge in [-0.2, -0.15) is 9.50 Å². The number of hydrogen-bond donors (Lipinski definition) is 3. The predicted molar refractivity (Wildman–Crippen MR) is 123 cm³/mol. The van der Waals surface area contributed by atoms with Crippen molar-refractivity contribution in [2.75, 3.05) is 5.32 Å². The van der Waals surface area contributed by atoms with Crippen LogP contribution in [0.5, 0.6) is 0 Å². The topological polar surface area (TPSA) is 104 Å². The van der Waals surface area contributed by atoms with Crippen LogP contribution in [0.15, 0.2) is 59.4 Å². The van der Waals surface area contributed by atoms with Gasteiger partial charge in [-0.15, -0.1) is 0 Å². The van der Waals surface area contributed by atoms with Crippen LogP contribution in [-0.4, -0.2) is 25.5 Å². The van der Waals surface area contributed by atoms with Gasteiger partial charge in [0, 0.05) is 25.1 Å². The lowest BCUT2D eigenvalue weighted by Gasteiger charge is -2.07. The zero-order chi connectivity index (χ0) is 22.5. The number of fused-ring (bicyclic) bond motifs is 1. The number of carbonyl (C=O) groups excluding carboxylic acids is 1. The van der Waals surface area contributed by atoms with E-state index in [-0.39, 0.29) is 17.9 Å². The fourth-order valence-corrected chi connectivity index (χ4v) is 3.44. The number of nitrogens with zero attached hydrogens (tertiary/aromatic N) is 3. The molecule has 0 aliphatic carbocycles. The first-order chi connectivity index (χ1) is 15.5. The Morgan fingerprint density at radius 3 is 2.44 bits per heavy atom. The van der Waals surface area contributed by atoms with Gasteiger partial charge in [-0.25, -0.2) is 4.98 Å². The van der Waals surface area contributed by atoms with Crippen LogP contribution in [0, 0.1) is 13.8 Å². The molecule has 0 aliphatic heterocycles. The lowest BCUT2D eigenvalue weighted by molar-refractivity contribution is -0.121. The van der Waals surface area contributed by atoms with Gasteiger partial charge in [-0.3, -0.25) is 14.7 Å². The summed E-state index contributed by atoms with van der Waals surface area (Å²) in [6.07, 6.45) is 0.524. The minimum absolute atomic E-state index is 0.109. The summed E-state index contributed by atoms with van der Waals surface area (Å²) in [5.74, 6) is 0.659. The number of benzene rings is 2. The predicted octanol–water partition coefficient (Wildman–Crippen LogP) is 2.90. The van der Waals surface area contributed by atoms with Gasteiger partial charge in [0.05, 0.1) is 5.69 Å². The van der Waals surface area contributed by atoms with Crippen molar-refractivity contribution in [1.29, 1.82) is 0 Å². The Hall–Kier alpha value is -3.94. The maximum atomic E-state index is 13.0. The summed E-state index contributed by atoms with van der Waals surface area (Å²) in [7, 11) is 0. The van der Waals surface area contributed by atoms with Crippen LogP contribution in [-0.2, 0) is 24.3 Å². The van der Waals surface area contributed by atoms with Crippen LogP contribution < -0.4 is 16.2 Å². The summed E-state index contributed by atoms with van der Waals surface area (Å²) in [4.78, 5) is 34.0. The average Bonchev–Trinajstić information content (AvgIpc) is 3.21. The van der Waals surface area contributed by atoms with Crippen molar-refractivity contribution in [2.45, 2.75) is 39.8 Å². The van der Waals surface area contributed by atoms with Crippen molar-refractivity contribution in [2.24, 2.45) is 0 Å². The number of nitrogens with one attached hydrogen (secondary N) is 3. The highest BCUT2D eigenvalue weighted by Gasteiger charge is 2.14. The lowest BCUT2D eigenvalue weighted by atomic mass is 10.1. The molecule has 2 aromatic heterocycles. The standard InChI is InChI=1S/C24H26N6O2/c1-16-8-10-19(11-9-16)15-26-23-28-24-27-17(2)20(22(32)30(24)29-23)12-13-21(31)25-14-18-6-4-3-5-7-18/h3-11H,12-15H2,1-2H3,(H,25,31)(H2,26,27,28,29). The summed E-state index contributed by atoms with van der Waals surface area (Å²) in [5.41, 5.74) is 4.19. The molecule has 0 fully saturated rings. The molecular formula is C24H26N6O2. The minimum Gasteiger partial charge on any atom is -0.352 e. The van der Waals surface area contributed by atoms with Gasteiger partial charge in [-0.1, -0.05) is 60.2 Å². The molecule has 164 valence electrons. The molecule has 0 spiro atoms. The summed E-state index contributed by atoms with van der Waals surface area (Å²) in [6, 6.07) is 17.9. The highest BCUT2D eigenvalue weighted by Crippen LogP contribution is 2.09. The van der Waals surface area contributed by atoms with Gasteiger partial charge in [0.25, 0.3) is 11.3 Å². The van der Waals surface area contributed by atoms with Crippen LogP contribution in [0.3, 0.4) is 0 Å². The van der Waals surface area contributed by atoms with Crippen molar-refractivity contribution < 1.29 is 4.79 Å². The number of anilines is 1. The quantitative estimate of drug-likeness (QED) is 0.399. The molecule has 8 heteroatoms. The monoisotopic (exact) mass is 430 g/mol. The van der Waals surface area contributed by atoms with Gasteiger partial charge in [0.1, 0.15) is 0 Å². The minimum atomic E-state index is -0.237. The molecule has 2 aromatic carbocycles. The van der Waals surface area contributed by atoms with E-state index >= 15 is 0 Å². The Morgan fingerprint density at radius 1 is 0.969 bits per heavy atom. The number of aromatic nitrogens is 4. The number of aromatic amines is 1. The van der Waals surface area contributed by atoms with Gasteiger partial charge in [-0.05, 0) is 31.4 Å². The Kier molecular flexibility index (Phi) is 6.30. The van der Waals surface area contributed by atoms with E-state index in [4.69, 9.17) is 0 Å². The van der Waals surface area contributed by atoms with Crippen LogP contribution in [0.4, 0.5) is 5.95 Å².